The molecule has 2 atom stereocenters. The van der Waals surface area contributed by atoms with Crippen LogP contribution >= 0.6 is 0 Å². The second-order valence-corrected chi connectivity index (χ2v) is 7.16. The Hall–Kier alpha value is -1.30. The lowest BCUT2D eigenvalue weighted by atomic mass is 9.74. The number of urea groups is 1. The van der Waals surface area contributed by atoms with Gasteiger partial charge in [-0.05, 0) is 54.4 Å². The highest BCUT2D eigenvalue weighted by molar-refractivity contribution is 5.79. The fourth-order valence-corrected chi connectivity index (χ4v) is 2.49. The zero-order chi connectivity index (χ0) is 16.4. The third-order valence-electron chi connectivity index (χ3n) is 4.95. The lowest BCUT2D eigenvalue weighted by Crippen LogP contribution is -2.63. The van der Waals surface area contributed by atoms with Gasteiger partial charge in [0, 0.05) is 12.1 Å². The number of amides is 2. The molecule has 2 amide bonds. The standard InChI is InChI=1S/C15H29N3O3/c1-10-8-7-9-11(2)18(10)17-13(21)16-15(5,6)14(3,4)12(19)20/h10-11H,7-9H2,1-6H3,(H,19,20)(H2,16,17,21). The number of carboxylic acids is 1. The van der Waals surface area contributed by atoms with E-state index in [-0.39, 0.29) is 18.1 Å². The molecule has 3 N–H and O–H groups in total. The Balaban J connectivity index is 2.70. The number of carboxylic acid groups (broad SMARTS) is 1. The molecule has 0 aromatic rings. The molecule has 6 heteroatoms. The first-order chi connectivity index (χ1) is 9.49. The van der Waals surface area contributed by atoms with Gasteiger partial charge >= 0.3 is 12.0 Å². The molecule has 21 heavy (non-hydrogen) atoms. The van der Waals surface area contributed by atoms with Gasteiger partial charge in [-0.25, -0.2) is 9.80 Å². The summed E-state index contributed by atoms with van der Waals surface area (Å²) in [5.74, 6) is -0.937. The molecule has 2 unspecified atom stereocenters. The van der Waals surface area contributed by atoms with E-state index in [4.69, 9.17) is 0 Å². The summed E-state index contributed by atoms with van der Waals surface area (Å²) in [5.41, 5.74) is 0.940. The molecular weight excluding hydrogens is 270 g/mol. The maximum absolute atomic E-state index is 12.2. The van der Waals surface area contributed by atoms with E-state index in [1.807, 2.05) is 5.01 Å². The number of hydrazine groups is 1. The topological polar surface area (TPSA) is 81.7 Å². The van der Waals surface area contributed by atoms with E-state index in [9.17, 15) is 14.7 Å². The van der Waals surface area contributed by atoms with Crippen LogP contribution in [0.25, 0.3) is 0 Å². The van der Waals surface area contributed by atoms with Gasteiger partial charge in [0.25, 0.3) is 0 Å². The van der Waals surface area contributed by atoms with Crippen LogP contribution in [-0.4, -0.2) is 39.7 Å². The fourth-order valence-electron chi connectivity index (χ4n) is 2.49. The van der Waals surface area contributed by atoms with Crippen molar-refractivity contribution in [1.29, 1.82) is 0 Å². The van der Waals surface area contributed by atoms with Crippen molar-refractivity contribution in [3.63, 3.8) is 0 Å². The molecule has 1 saturated heterocycles. The lowest BCUT2D eigenvalue weighted by molar-refractivity contribution is -0.150. The van der Waals surface area contributed by atoms with Gasteiger partial charge in [0.2, 0.25) is 0 Å². The van der Waals surface area contributed by atoms with Crippen LogP contribution in [0.1, 0.15) is 60.8 Å². The van der Waals surface area contributed by atoms with E-state index in [0.717, 1.165) is 12.8 Å². The first-order valence-corrected chi connectivity index (χ1v) is 7.59. The zero-order valence-corrected chi connectivity index (χ0v) is 14.0. The van der Waals surface area contributed by atoms with Gasteiger partial charge in [0.05, 0.1) is 11.0 Å². The summed E-state index contributed by atoms with van der Waals surface area (Å²) in [5, 5.41) is 14.1. The van der Waals surface area contributed by atoms with Gasteiger partial charge in [0.1, 0.15) is 0 Å². The van der Waals surface area contributed by atoms with Crippen LogP contribution in [0.4, 0.5) is 4.79 Å². The van der Waals surface area contributed by atoms with Crippen molar-refractivity contribution in [3.8, 4) is 0 Å². The number of carbonyl (C=O) groups excluding carboxylic acids is 1. The molecule has 1 fully saturated rings. The molecule has 1 aliphatic heterocycles. The molecule has 0 spiro atoms. The highest BCUT2D eigenvalue weighted by Gasteiger charge is 2.44. The third kappa shape index (κ3) is 3.87. The normalized spacial score (nSPS) is 24.5. The van der Waals surface area contributed by atoms with Crippen molar-refractivity contribution in [2.75, 3.05) is 0 Å². The fraction of sp³-hybridized carbons (Fsp3) is 0.867. The summed E-state index contributed by atoms with van der Waals surface area (Å²) in [7, 11) is 0. The van der Waals surface area contributed by atoms with Crippen LogP contribution < -0.4 is 10.7 Å². The van der Waals surface area contributed by atoms with E-state index in [1.165, 1.54) is 6.42 Å². The van der Waals surface area contributed by atoms with Gasteiger partial charge in [0.15, 0.2) is 0 Å². The molecule has 0 saturated carbocycles. The molecule has 1 rings (SSSR count). The molecule has 1 aliphatic rings. The maximum Gasteiger partial charge on any atom is 0.329 e. The average molecular weight is 299 g/mol. The van der Waals surface area contributed by atoms with Crippen LogP contribution in [0.2, 0.25) is 0 Å². The van der Waals surface area contributed by atoms with E-state index in [1.54, 1.807) is 27.7 Å². The van der Waals surface area contributed by atoms with Crippen molar-refractivity contribution in [2.45, 2.75) is 78.4 Å². The maximum atomic E-state index is 12.2. The molecule has 122 valence electrons. The van der Waals surface area contributed by atoms with Gasteiger partial charge < -0.3 is 10.4 Å². The number of hydrogen-bond donors (Lipinski definition) is 3. The Kier molecular flexibility index (Phi) is 5.25. The number of nitrogens with zero attached hydrogens (tertiary/aromatic N) is 1. The quantitative estimate of drug-likeness (QED) is 0.744. The predicted molar refractivity (Wildman–Crippen MR) is 81.8 cm³/mol. The summed E-state index contributed by atoms with van der Waals surface area (Å²) in [6, 6.07) is 0.222. The molecule has 1 heterocycles. The Morgan fingerprint density at radius 3 is 2.00 bits per heavy atom. The summed E-state index contributed by atoms with van der Waals surface area (Å²) >= 11 is 0. The van der Waals surface area contributed by atoms with Gasteiger partial charge in [-0.15, -0.1) is 0 Å². The number of piperidine rings is 1. The largest absolute Gasteiger partial charge is 0.481 e. The van der Waals surface area contributed by atoms with E-state index in [0.29, 0.717) is 0 Å². The smallest absolute Gasteiger partial charge is 0.329 e. The number of nitrogens with one attached hydrogen (secondary N) is 2. The van der Waals surface area contributed by atoms with Crippen LogP contribution in [0.3, 0.4) is 0 Å². The minimum Gasteiger partial charge on any atom is -0.481 e. The number of hydrogen-bond acceptors (Lipinski definition) is 3. The van der Waals surface area contributed by atoms with Crippen LogP contribution in [-0.2, 0) is 4.79 Å². The Labute approximate surface area is 127 Å². The Bertz CT molecular complexity index is 397. The average Bonchev–Trinajstić information content (AvgIpc) is 2.33. The highest BCUT2D eigenvalue weighted by atomic mass is 16.4. The summed E-state index contributed by atoms with van der Waals surface area (Å²) in [6.45, 7) is 10.8. The summed E-state index contributed by atoms with van der Waals surface area (Å²) < 4.78 is 0. The van der Waals surface area contributed by atoms with Gasteiger partial charge in [-0.1, -0.05) is 6.42 Å². The molecule has 0 radical (unpaired) electrons. The van der Waals surface area contributed by atoms with Gasteiger partial charge in [-0.2, -0.15) is 0 Å². The van der Waals surface area contributed by atoms with Crippen LogP contribution in [0.15, 0.2) is 0 Å². The summed E-state index contributed by atoms with van der Waals surface area (Å²) in [4.78, 5) is 23.6. The second-order valence-electron chi connectivity index (χ2n) is 7.16. The highest BCUT2D eigenvalue weighted by Crippen LogP contribution is 2.30. The number of rotatable bonds is 4. The molecule has 0 bridgehead atoms. The Morgan fingerprint density at radius 2 is 1.57 bits per heavy atom. The molecule has 0 aliphatic carbocycles. The van der Waals surface area contributed by atoms with Crippen LogP contribution in [0.5, 0.6) is 0 Å². The van der Waals surface area contributed by atoms with E-state index in [2.05, 4.69) is 24.6 Å². The Morgan fingerprint density at radius 1 is 1.10 bits per heavy atom. The van der Waals surface area contributed by atoms with Crippen molar-refractivity contribution in [1.82, 2.24) is 15.8 Å². The molecular formula is C15H29N3O3. The van der Waals surface area contributed by atoms with Gasteiger partial charge in [-0.3, -0.25) is 10.2 Å². The molecule has 0 aromatic heterocycles. The van der Waals surface area contributed by atoms with Crippen molar-refractivity contribution >= 4 is 12.0 Å². The number of aliphatic carboxylic acids is 1. The summed E-state index contributed by atoms with van der Waals surface area (Å²) in [6.07, 6.45) is 3.27. The minimum absolute atomic E-state index is 0.287. The minimum atomic E-state index is -1.07. The zero-order valence-electron chi connectivity index (χ0n) is 14.0. The first kappa shape index (κ1) is 17.8. The van der Waals surface area contributed by atoms with Crippen LogP contribution in [0, 0.1) is 5.41 Å². The van der Waals surface area contributed by atoms with E-state index >= 15 is 0 Å². The second kappa shape index (κ2) is 6.22. The molecule has 0 aromatic carbocycles. The first-order valence-electron chi connectivity index (χ1n) is 7.59. The number of carbonyl (C=O) groups is 2. The van der Waals surface area contributed by atoms with Crippen molar-refractivity contribution < 1.29 is 14.7 Å². The van der Waals surface area contributed by atoms with Crippen molar-refractivity contribution in [2.24, 2.45) is 5.41 Å². The lowest BCUT2D eigenvalue weighted by Gasteiger charge is -2.42. The van der Waals surface area contributed by atoms with Crippen molar-refractivity contribution in [3.05, 3.63) is 0 Å². The third-order valence-corrected chi connectivity index (χ3v) is 4.95. The van der Waals surface area contributed by atoms with E-state index < -0.39 is 16.9 Å². The monoisotopic (exact) mass is 299 g/mol. The predicted octanol–water partition coefficient (Wildman–Crippen LogP) is 2.35. The SMILES string of the molecule is CC1CCCC(C)N1NC(=O)NC(C)(C)C(C)(C)C(=O)O. The molecule has 6 nitrogen and oxygen atoms in total.